The minimum atomic E-state index is -0.458. The molecule has 0 heterocycles. The molecule has 0 aromatic rings. The van der Waals surface area contributed by atoms with Crippen LogP contribution >= 0.6 is 11.8 Å². The maximum absolute atomic E-state index is 8.46. The van der Waals surface area contributed by atoms with Crippen molar-refractivity contribution in [3.63, 3.8) is 0 Å². The van der Waals surface area contributed by atoms with E-state index in [-0.39, 0.29) is 5.25 Å². The number of rotatable bonds is 3. The highest BCUT2D eigenvalue weighted by atomic mass is 32.2. The highest BCUT2D eigenvalue weighted by Gasteiger charge is 2.13. The minimum Gasteiger partial charge on any atom is -0.361 e. The molecule has 0 amide bonds. The Morgan fingerprint density at radius 1 is 1.62 bits per heavy atom. The van der Waals surface area contributed by atoms with Crippen LogP contribution in [0.3, 0.4) is 0 Å². The fraction of sp³-hybridized carbons (Fsp3) is 0.800. The fourth-order valence-electron chi connectivity index (χ4n) is 0.455. The van der Waals surface area contributed by atoms with Crippen LogP contribution in [0.1, 0.15) is 13.3 Å². The Balaban J connectivity index is 3.35. The third-order valence-corrected chi connectivity index (χ3v) is 2.06. The topological polar surface area (TPSA) is 40.5 Å². The summed E-state index contributed by atoms with van der Waals surface area (Å²) in [5, 5.41) is 16.8. The van der Waals surface area contributed by atoms with Crippen LogP contribution in [0, 0.1) is 6.29 Å². The van der Waals surface area contributed by atoms with Crippen molar-refractivity contribution in [1.29, 1.82) is 0 Å². The Morgan fingerprint density at radius 2 is 2.12 bits per heavy atom. The molecule has 0 spiro atoms. The van der Waals surface area contributed by atoms with Gasteiger partial charge in [0.2, 0.25) is 6.29 Å². The van der Waals surface area contributed by atoms with Crippen LogP contribution in [0.15, 0.2) is 0 Å². The van der Waals surface area contributed by atoms with Gasteiger partial charge in [-0.2, -0.15) is 11.8 Å². The van der Waals surface area contributed by atoms with E-state index in [2.05, 4.69) is 0 Å². The molecule has 0 fully saturated rings. The van der Waals surface area contributed by atoms with Gasteiger partial charge in [0, 0.05) is 0 Å². The molecule has 0 aliphatic rings. The summed E-state index contributed by atoms with van der Waals surface area (Å²) in [6.07, 6.45) is 2.16. The molecule has 1 atom stereocenters. The summed E-state index contributed by atoms with van der Waals surface area (Å²) in [4.78, 5) is 0. The van der Waals surface area contributed by atoms with Crippen molar-refractivity contribution in [2.45, 2.75) is 18.6 Å². The Morgan fingerprint density at radius 3 is 2.12 bits per heavy atom. The number of hydrogen-bond acceptors (Lipinski definition) is 3. The van der Waals surface area contributed by atoms with Crippen molar-refractivity contribution in [3.8, 4) is 0 Å². The summed E-state index contributed by atoms with van der Waals surface area (Å²) in [6, 6.07) is 0. The second-order valence-corrected chi connectivity index (χ2v) is 2.53. The van der Waals surface area contributed by atoms with Crippen LogP contribution < -0.4 is 0 Å². The SMILES string of the molecule is CCC(SC)[C](O)O. The van der Waals surface area contributed by atoms with Crippen molar-refractivity contribution < 1.29 is 10.2 Å². The predicted octanol–water partition coefficient (Wildman–Crippen LogP) is 1.36. The van der Waals surface area contributed by atoms with Gasteiger partial charge >= 0.3 is 0 Å². The Kier molecular flexibility index (Phi) is 4.32. The molecule has 2 nitrogen and oxygen atoms in total. The lowest BCUT2D eigenvalue weighted by Gasteiger charge is -2.10. The number of aliphatic hydroxyl groups excluding tert-OH is 1. The van der Waals surface area contributed by atoms with Gasteiger partial charge in [-0.1, -0.05) is 6.92 Å². The second-order valence-electron chi connectivity index (χ2n) is 1.49. The average molecular weight is 135 g/mol. The van der Waals surface area contributed by atoms with Crippen LogP contribution in [0.2, 0.25) is 0 Å². The van der Waals surface area contributed by atoms with E-state index in [1.165, 1.54) is 11.8 Å². The third-order valence-electron chi connectivity index (χ3n) is 0.943. The van der Waals surface area contributed by atoms with Gasteiger partial charge < -0.3 is 10.2 Å². The first kappa shape index (κ1) is 8.27. The van der Waals surface area contributed by atoms with Crippen LogP contribution in [0.25, 0.3) is 0 Å². The summed E-state index contributed by atoms with van der Waals surface area (Å²) in [7, 11) is 0. The van der Waals surface area contributed by atoms with E-state index in [1.807, 2.05) is 13.2 Å². The molecule has 49 valence electrons. The fourth-order valence-corrected chi connectivity index (χ4v) is 0.999. The highest BCUT2D eigenvalue weighted by Crippen LogP contribution is 2.16. The molecule has 0 aromatic heterocycles. The van der Waals surface area contributed by atoms with E-state index in [0.29, 0.717) is 0 Å². The van der Waals surface area contributed by atoms with Crippen molar-refractivity contribution in [2.75, 3.05) is 6.26 Å². The maximum atomic E-state index is 8.46. The summed E-state index contributed by atoms with van der Waals surface area (Å²) in [5.41, 5.74) is 0. The predicted molar refractivity (Wildman–Crippen MR) is 34.7 cm³/mol. The lowest BCUT2D eigenvalue weighted by atomic mass is 10.3. The van der Waals surface area contributed by atoms with Crippen molar-refractivity contribution in [2.24, 2.45) is 0 Å². The zero-order valence-electron chi connectivity index (χ0n) is 5.09. The molecule has 0 saturated carbocycles. The van der Waals surface area contributed by atoms with Gasteiger partial charge in [0.05, 0.1) is 5.25 Å². The normalized spacial score (nSPS) is 14.6. The van der Waals surface area contributed by atoms with Gasteiger partial charge in [-0.15, -0.1) is 0 Å². The Labute approximate surface area is 53.9 Å². The van der Waals surface area contributed by atoms with Gasteiger partial charge in [-0.3, -0.25) is 0 Å². The summed E-state index contributed by atoms with van der Waals surface area (Å²) < 4.78 is 0. The van der Waals surface area contributed by atoms with Crippen LogP contribution in [0.4, 0.5) is 0 Å². The molecular weight excluding hydrogens is 124 g/mol. The van der Waals surface area contributed by atoms with E-state index in [4.69, 9.17) is 10.2 Å². The highest BCUT2D eigenvalue weighted by molar-refractivity contribution is 7.99. The molecule has 0 rings (SSSR count). The van der Waals surface area contributed by atoms with Gasteiger partial charge in [-0.05, 0) is 12.7 Å². The number of aliphatic hydroxyl groups is 2. The maximum Gasteiger partial charge on any atom is 0.231 e. The first-order chi connectivity index (χ1) is 3.72. The number of hydrogen-bond donors (Lipinski definition) is 2. The van der Waals surface area contributed by atoms with E-state index in [0.717, 1.165) is 6.42 Å². The molecule has 0 bridgehead atoms. The standard InChI is InChI=1S/C5H11O2S/c1-3-4(8-2)5(6)7/h4,6-7H,3H2,1-2H3. The first-order valence-electron chi connectivity index (χ1n) is 2.50. The molecule has 1 unspecified atom stereocenters. The largest absolute Gasteiger partial charge is 0.361 e. The third kappa shape index (κ3) is 2.55. The van der Waals surface area contributed by atoms with E-state index < -0.39 is 6.29 Å². The van der Waals surface area contributed by atoms with Gasteiger partial charge in [0.15, 0.2) is 0 Å². The minimum absolute atomic E-state index is 0.102. The van der Waals surface area contributed by atoms with E-state index in [9.17, 15) is 0 Å². The molecule has 8 heavy (non-hydrogen) atoms. The Hall–Kier alpha value is 0.270. The summed E-state index contributed by atoms with van der Waals surface area (Å²) >= 11 is 1.44. The van der Waals surface area contributed by atoms with Gasteiger partial charge in [0.25, 0.3) is 0 Å². The quantitative estimate of drug-likeness (QED) is 0.614. The first-order valence-corrected chi connectivity index (χ1v) is 3.78. The lowest BCUT2D eigenvalue weighted by Crippen LogP contribution is -2.11. The molecule has 3 heteroatoms. The second kappa shape index (κ2) is 4.18. The molecule has 0 aromatic carbocycles. The molecule has 0 aliphatic carbocycles. The van der Waals surface area contributed by atoms with Crippen molar-refractivity contribution in [1.82, 2.24) is 0 Å². The lowest BCUT2D eigenvalue weighted by molar-refractivity contribution is 0.0766. The zero-order chi connectivity index (χ0) is 6.57. The smallest absolute Gasteiger partial charge is 0.231 e. The van der Waals surface area contributed by atoms with Gasteiger partial charge in [-0.25, -0.2) is 0 Å². The molecule has 0 saturated heterocycles. The van der Waals surface area contributed by atoms with E-state index >= 15 is 0 Å². The molecule has 0 aliphatic heterocycles. The van der Waals surface area contributed by atoms with Crippen molar-refractivity contribution >= 4 is 11.8 Å². The van der Waals surface area contributed by atoms with Crippen LogP contribution in [0.5, 0.6) is 0 Å². The van der Waals surface area contributed by atoms with Crippen molar-refractivity contribution in [3.05, 3.63) is 6.29 Å². The molecule has 1 radical (unpaired) electrons. The average Bonchev–Trinajstić information content (AvgIpc) is 1.69. The molecule has 2 N–H and O–H groups in total. The van der Waals surface area contributed by atoms with E-state index in [1.54, 1.807) is 0 Å². The zero-order valence-corrected chi connectivity index (χ0v) is 5.90. The molecular formula is C5H11O2S. The summed E-state index contributed by atoms with van der Waals surface area (Å²) in [6.45, 7) is 1.91. The monoisotopic (exact) mass is 135 g/mol. The number of thioether (sulfide) groups is 1. The van der Waals surface area contributed by atoms with Gasteiger partial charge in [0.1, 0.15) is 0 Å². The summed E-state index contributed by atoms with van der Waals surface area (Å²) in [5.74, 6) is 0. The van der Waals surface area contributed by atoms with Crippen LogP contribution in [-0.4, -0.2) is 21.7 Å². The van der Waals surface area contributed by atoms with Crippen LogP contribution in [-0.2, 0) is 0 Å². The Bertz CT molecular complexity index is 52.4.